The normalized spacial score (nSPS) is 19.6. The molecule has 0 spiro atoms. The molecule has 11 heavy (non-hydrogen) atoms. The van der Waals surface area contributed by atoms with Crippen molar-refractivity contribution in [3.8, 4) is 0 Å². The molecule has 1 unspecified atom stereocenters. The second-order valence-corrected chi connectivity index (χ2v) is 3.53. The number of hydrogen-bond donors (Lipinski definition) is 0. The molecule has 0 rings (SSSR count). The maximum absolute atomic E-state index is 12.1. The van der Waals surface area contributed by atoms with Crippen LogP contribution in [0.5, 0.6) is 0 Å². The Morgan fingerprint density at radius 1 is 0.909 bits per heavy atom. The summed E-state index contributed by atoms with van der Waals surface area (Å²) in [5.74, 6) is 0. The molecule has 0 bridgehead atoms. The lowest BCUT2D eigenvalue weighted by atomic mass is 10.4. The van der Waals surface area contributed by atoms with Gasteiger partial charge < -0.3 is 0 Å². The second kappa shape index (κ2) is 2.82. The standard InChI is InChI=1S/C3ClF6I/c4-2(6,7)1(5,11)3(8,9)10. The molecule has 0 saturated carbocycles. The van der Waals surface area contributed by atoms with E-state index >= 15 is 0 Å². The molecule has 0 aliphatic carbocycles. The summed E-state index contributed by atoms with van der Waals surface area (Å²) < 4.78 is 64.8. The molecular weight excluding hydrogens is 312 g/mol. The highest BCUT2D eigenvalue weighted by Gasteiger charge is 2.69. The van der Waals surface area contributed by atoms with E-state index in [1.807, 2.05) is 0 Å². The van der Waals surface area contributed by atoms with Crippen molar-refractivity contribution in [1.82, 2.24) is 0 Å². The quantitative estimate of drug-likeness (QED) is 0.395. The average molecular weight is 312 g/mol. The number of rotatable bonds is 1. The Hall–Kier alpha value is 0.600. The van der Waals surface area contributed by atoms with E-state index in [9.17, 15) is 26.3 Å². The minimum Gasteiger partial charge on any atom is -0.214 e. The molecule has 0 aromatic carbocycles. The molecule has 1 atom stereocenters. The summed E-state index contributed by atoms with van der Waals surface area (Å²) in [6, 6.07) is 0. The summed E-state index contributed by atoms with van der Waals surface area (Å²) in [7, 11) is 0. The van der Waals surface area contributed by atoms with Gasteiger partial charge in [-0.15, -0.1) is 0 Å². The van der Waals surface area contributed by atoms with Crippen LogP contribution in [0, 0.1) is 0 Å². The third-order valence-electron chi connectivity index (χ3n) is 0.712. The molecule has 0 amide bonds. The third kappa shape index (κ3) is 2.27. The Kier molecular flexibility index (Phi) is 2.98. The Morgan fingerprint density at radius 2 is 1.18 bits per heavy atom. The molecule has 68 valence electrons. The highest BCUT2D eigenvalue weighted by molar-refractivity contribution is 14.1. The lowest BCUT2D eigenvalue weighted by Gasteiger charge is -2.25. The van der Waals surface area contributed by atoms with E-state index in [2.05, 4.69) is 11.6 Å². The molecule has 0 aromatic rings. The summed E-state index contributed by atoms with van der Waals surface area (Å²) in [6.07, 6.45) is -5.68. The van der Waals surface area contributed by atoms with Gasteiger partial charge in [0.05, 0.1) is 0 Å². The van der Waals surface area contributed by atoms with Crippen LogP contribution in [0.15, 0.2) is 0 Å². The van der Waals surface area contributed by atoms with E-state index in [0.717, 1.165) is 0 Å². The minimum absolute atomic E-state index is 0.0844. The van der Waals surface area contributed by atoms with Gasteiger partial charge in [0, 0.05) is 0 Å². The van der Waals surface area contributed by atoms with Crippen molar-refractivity contribution in [2.45, 2.75) is 15.2 Å². The summed E-state index contributed by atoms with van der Waals surface area (Å²) in [5.41, 5.74) is 0. The van der Waals surface area contributed by atoms with Crippen molar-refractivity contribution >= 4 is 34.2 Å². The highest BCUT2D eigenvalue weighted by Crippen LogP contribution is 2.51. The van der Waals surface area contributed by atoms with Gasteiger partial charge in [0.2, 0.25) is 0 Å². The Morgan fingerprint density at radius 3 is 1.18 bits per heavy atom. The van der Waals surface area contributed by atoms with Crippen LogP contribution in [0.2, 0.25) is 0 Å². The van der Waals surface area contributed by atoms with Crippen LogP contribution in [-0.4, -0.2) is 15.2 Å². The van der Waals surface area contributed by atoms with Crippen LogP contribution >= 0.6 is 34.2 Å². The second-order valence-electron chi connectivity index (χ2n) is 1.57. The fourth-order valence-corrected chi connectivity index (χ4v) is 0.268. The molecule has 0 saturated heterocycles. The van der Waals surface area contributed by atoms with Crippen LogP contribution in [0.4, 0.5) is 26.3 Å². The van der Waals surface area contributed by atoms with Crippen LogP contribution in [0.1, 0.15) is 0 Å². The zero-order valence-corrected chi connectivity index (χ0v) is 7.44. The predicted octanol–water partition coefficient (Wildman–Crippen LogP) is 3.48. The topological polar surface area (TPSA) is 0 Å². The van der Waals surface area contributed by atoms with E-state index < -0.39 is 15.2 Å². The molecule has 0 heterocycles. The molecule has 0 aliphatic rings. The number of halogens is 8. The van der Waals surface area contributed by atoms with E-state index in [-0.39, 0.29) is 22.6 Å². The van der Waals surface area contributed by atoms with E-state index in [4.69, 9.17) is 0 Å². The first-order chi connectivity index (χ1) is 4.50. The minimum atomic E-state index is -5.68. The lowest BCUT2D eigenvalue weighted by molar-refractivity contribution is -0.230. The molecule has 0 fully saturated rings. The highest BCUT2D eigenvalue weighted by atomic mass is 127. The Bertz CT molecular complexity index is 129. The van der Waals surface area contributed by atoms with Crippen molar-refractivity contribution in [3.63, 3.8) is 0 Å². The summed E-state index contributed by atoms with van der Waals surface area (Å²) in [5, 5.41) is -4.95. The van der Waals surface area contributed by atoms with Gasteiger partial charge in [-0.05, 0) is 34.2 Å². The van der Waals surface area contributed by atoms with Gasteiger partial charge in [-0.3, -0.25) is 0 Å². The molecule has 8 heteroatoms. The molecule has 0 aromatic heterocycles. The van der Waals surface area contributed by atoms with Crippen molar-refractivity contribution < 1.29 is 26.3 Å². The summed E-state index contributed by atoms with van der Waals surface area (Å²) in [4.78, 5) is 0. The van der Waals surface area contributed by atoms with Gasteiger partial charge in [0.1, 0.15) is 0 Å². The van der Waals surface area contributed by atoms with Gasteiger partial charge in [-0.2, -0.15) is 22.0 Å². The SMILES string of the molecule is FC(F)(F)C(F)(I)C(F)(F)Cl. The van der Waals surface area contributed by atoms with Crippen LogP contribution in [0.3, 0.4) is 0 Å². The zero-order chi connectivity index (χ0) is 9.50. The Labute approximate surface area is 76.0 Å². The fraction of sp³-hybridized carbons (Fsp3) is 1.00. The molecule has 0 nitrogen and oxygen atoms in total. The van der Waals surface area contributed by atoms with Crippen molar-refractivity contribution in [2.75, 3.05) is 0 Å². The van der Waals surface area contributed by atoms with Crippen LogP contribution in [-0.2, 0) is 0 Å². The van der Waals surface area contributed by atoms with Crippen LogP contribution in [0.25, 0.3) is 0 Å². The maximum Gasteiger partial charge on any atom is 0.439 e. The van der Waals surface area contributed by atoms with Gasteiger partial charge >= 0.3 is 15.2 Å². The molecular formula is C3ClF6I. The largest absolute Gasteiger partial charge is 0.439 e. The summed E-state index contributed by atoms with van der Waals surface area (Å²) >= 11 is 3.79. The van der Waals surface area contributed by atoms with Gasteiger partial charge in [-0.1, -0.05) is 0 Å². The van der Waals surface area contributed by atoms with Crippen molar-refractivity contribution in [3.05, 3.63) is 0 Å². The smallest absolute Gasteiger partial charge is 0.214 e. The zero-order valence-electron chi connectivity index (χ0n) is 4.52. The molecule has 0 N–H and O–H groups in total. The molecule has 0 aliphatic heterocycles. The lowest BCUT2D eigenvalue weighted by Crippen LogP contribution is -2.47. The first-order valence-corrected chi connectivity index (χ1v) is 3.47. The van der Waals surface area contributed by atoms with Crippen molar-refractivity contribution in [2.24, 2.45) is 0 Å². The molecule has 0 radical (unpaired) electrons. The van der Waals surface area contributed by atoms with E-state index in [1.165, 1.54) is 0 Å². The summed E-state index contributed by atoms with van der Waals surface area (Å²) in [6.45, 7) is 0. The van der Waals surface area contributed by atoms with Gasteiger partial charge in [0.25, 0.3) is 0 Å². The van der Waals surface area contributed by atoms with Crippen molar-refractivity contribution in [1.29, 1.82) is 0 Å². The van der Waals surface area contributed by atoms with Gasteiger partial charge in [0.15, 0.2) is 0 Å². The van der Waals surface area contributed by atoms with Crippen LogP contribution < -0.4 is 0 Å². The first kappa shape index (κ1) is 11.6. The number of hydrogen-bond acceptors (Lipinski definition) is 0. The maximum atomic E-state index is 12.1. The van der Waals surface area contributed by atoms with Gasteiger partial charge in [-0.25, -0.2) is 4.39 Å². The predicted molar refractivity (Wildman–Crippen MR) is 34.7 cm³/mol. The third-order valence-corrected chi connectivity index (χ3v) is 2.58. The van der Waals surface area contributed by atoms with E-state index in [1.54, 1.807) is 0 Å². The fourth-order valence-electron chi connectivity index (χ4n) is 0.161. The number of alkyl halides is 8. The Balaban J connectivity index is 4.75. The average Bonchev–Trinajstić information content (AvgIpc) is 1.58. The monoisotopic (exact) mass is 312 g/mol. The first-order valence-electron chi connectivity index (χ1n) is 2.01. The van der Waals surface area contributed by atoms with E-state index in [0.29, 0.717) is 0 Å².